The van der Waals surface area contributed by atoms with Crippen molar-refractivity contribution in [2.75, 3.05) is 12.1 Å². The molecular weight excluding hydrogens is 130 g/mol. The van der Waals surface area contributed by atoms with Crippen LogP contribution in [0.15, 0.2) is 0 Å². The summed E-state index contributed by atoms with van der Waals surface area (Å²) in [6.45, 7) is 0. The van der Waals surface area contributed by atoms with Crippen LogP contribution >= 0.6 is 0 Å². The Kier molecular flexibility index (Phi) is 2.47. The van der Waals surface area contributed by atoms with Gasteiger partial charge in [0, 0.05) is 6.26 Å². The Morgan fingerprint density at radius 1 is 1.62 bits per heavy atom. The van der Waals surface area contributed by atoms with E-state index in [1.807, 2.05) is 5.32 Å². The first-order valence-corrected chi connectivity index (χ1v) is 3.97. The van der Waals surface area contributed by atoms with Gasteiger partial charge in [0.05, 0.1) is 0 Å². The van der Waals surface area contributed by atoms with E-state index in [0.29, 0.717) is 6.41 Å². The molecule has 0 radical (unpaired) electrons. The molecule has 0 aromatic heterocycles. The Labute approximate surface area is 47.8 Å². The van der Waals surface area contributed by atoms with Crippen LogP contribution in [0.25, 0.3) is 0 Å². The highest BCUT2D eigenvalue weighted by atomic mass is 32.2. The molecule has 0 saturated heterocycles. The van der Waals surface area contributed by atoms with Crippen LogP contribution in [-0.2, 0) is 14.6 Å². The van der Waals surface area contributed by atoms with Gasteiger partial charge in [0.25, 0.3) is 0 Å². The number of sulfone groups is 1. The van der Waals surface area contributed by atoms with E-state index in [2.05, 4.69) is 0 Å². The van der Waals surface area contributed by atoms with Crippen LogP contribution in [0.5, 0.6) is 0 Å². The van der Waals surface area contributed by atoms with Gasteiger partial charge in [0.1, 0.15) is 5.88 Å². The van der Waals surface area contributed by atoms with Crippen LogP contribution in [-0.4, -0.2) is 27.0 Å². The van der Waals surface area contributed by atoms with Gasteiger partial charge in [0.15, 0.2) is 9.84 Å². The van der Waals surface area contributed by atoms with Crippen molar-refractivity contribution >= 4 is 16.2 Å². The molecule has 4 nitrogen and oxygen atoms in total. The second-order valence-corrected chi connectivity index (χ2v) is 3.53. The maximum atomic E-state index is 10.2. The largest absolute Gasteiger partial charge is 0.345 e. The van der Waals surface area contributed by atoms with E-state index in [1.54, 1.807) is 0 Å². The van der Waals surface area contributed by atoms with Crippen molar-refractivity contribution in [1.29, 1.82) is 0 Å². The third-order valence-corrected chi connectivity index (χ3v) is 1.12. The van der Waals surface area contributed by atoms with Crippen molar-refractivity contribution in [3.8, 4) is 0 Å². The van der Waals surface area contributed by atoms with Gasteiger partial charge in [-0.25, -0.2) is 8.42 Å². The molecule has 0 fully saturated rings. The minimum Gasteiger partial charge on any atom is -0.345 e. The van der Waals surface area contributed by atoms with Gasteiger partial charge in [-0.1, -0.05) is 0 Å². The zero-order valence-electron chi connectivity index (χ0n) is 4.42. The van der Waals surface area contributed by atoms with E-state index in [0.717, 1.165) is 6.26 Å². The first-order valence-electron chi connectivity index (χ1n) is 1.91. The average Bonchev–Trinajstić information content (AvgIpc) is 1.59. The lowest BCUT2D eigenvalue weighted by atomic mass is 11.2. The summed E-state index contributed by atoms with van der Waals surface area (Å²) in [4.78, 5) is 9.48. The molecule has 0 atom stereocenters. The van der Waals surface area contributed by atoms with Crippen LogP contribution < -0.4 is 5.32 Å². The topological polar surface area (TPSA) is 63.2 Å². The molecule has 48 valence electrons. The SMILES string of the molecule is CS(=O)(=O)CNC=O. The molecule has 0 spiro atoms. The second-order valence-electron chi connectivity index (χ2n) is 1.39. The fourth-order valence-electron chi connectivity index (χ4n) is 0.185. The minimum atomic E-state index is -3.03. The van der Waals surface area contributed by atoms with Crippen molar-refractivity contribution in [2.45, 2.75) is 0 Å². The zero-order chi connectivity index (χ0) is 6.62. The minimum absolute atomic E-state index is 0.281. The summed E-state index contributed by atoms with van der Waals surface area (Å²) in [5, 5.41) is 2.02. The molecule has 8 heavy (non-hydrogen) atoms. The monoisotopic (exact) mass is 137 g/mol. The number of hydrogen-bond acceptors (Lipinski definition) is 3. The molecule has 0 saturated carbocycles. The lowest BCUT2D eigenvalue weighted by molar-refractivity contribution is -0.109. The maximum Gasteiger partial charge on any atom is 0.207 e. The Hall–Kier alpha value is -0.580. The van der Waals surface area contributed by atoms with Crippen molar-refractivity contribution < 1.29 is 13.2 Å². The lowest BCUT2D eigenvalue weighted by Gasteiger charge is -1.91. The van der Waals surface area contributed by atoms with Crippen LogP contribution in [0.4, 0.5) is 0 Å². The van der Waals surface area contributed by atoms with Gasteiger partial charge in [0.2, 0.25) is 6.41 Å². The lowest BCUT2D eigenvalue weighted by Crippen LogP contribution is -2.19. The van der Waals surface area contributed by atoms with E-state index in [1.165, 1.54) is 0 Å². The zero-order valence-corrected chi connectivity index (χ0v) is 5.23. The normalized spacial score (nSPS) is 10.6. The van der Waals surface area contributed by atoms with Gasteiger partial charge in [-0.05, 0) is 0 Å². The molecule has 1 amide bonds. The Morgan fingerprint density at radius 2 is 2.12 bits per heavy atom. The predicted molar refractivity (Wildman–Crippen MR) is 28.9 cm³/mol. The highest BCUT2D eigenvalue weighted by Crippen LogP contribution is 1.73. The van der Waals surface area contributed by atoms with E-state index in [-0.39, 0.29) is 5.88 Å². The van der Waals surface area contributed by atoms with Gasteiger partial charge in [-0.15, -0.1) is 0 Å². The van der Waals surface area contributed by atoms with Crippen LogP contribution in [0.3, 0.4) is 0 Å². The van der Waals surface area contributed by atoms with E-state index >= 15 is 0 Å². The second kappa shape index (κ2) is 2.66. The quantitative estimate of drug-likeness (QED) is 0.493. The Bertz CT molecular complexity index is 159. The molecule has 0 unspecified atom stereocenters. The van der Waals surface area contributed by atoms with Crippen molar-refractivity contribution in [3.63, 3.8) is 0 Å². The molecule has 0 heterocycles. The first kappa shape index (κ1) is 7.42. The fraction of sp³-hybridized carbons (Fsp3) is 0.667. The first-order chi connectivity index (χ1) is 3.56. The third kappa shape index (κ3) is 5.42. The number of carbonyl (C=O) groups excluding carboxylic acids is 1. The van der Waals surface area contributed by atoms with Crippen molar-refractivity contribution in [1.82, 2.24) is 5.32 Å². The van der Waals surface area contributed by atoms with E-state index < -0.39 is 9.84 Å². The van der Waals surface area contributed by atoms with Gasteiger partial charge in [-0.2, -0.15) is 0 Å². The van der Waals surface area contributed by atoms with Gasteiger partial charge < -0.3 is 5.32 Å². The highest BCUT2D eigenvalue weighted by molar-refractivity contribution is 7.90. The van der Waals surface area contributed by atoms with Gasteiger partial charge >= 0.3 is 0 Å². The summed E-state index contributed by atoms with van der Waals surface area (Å²) < 4.78 is 20.3. The van der Waals surface area contributed by atoms with Crippen LogP contribution in [0.1, 0.15) is 0 Å². The Balaban J connectivity index is 3.57. The molecular formula is C3H7NO3S. The number of nitrogens with one attached hydrogen (secondary N) is 1. The number of carbonyl (C=O) groups is 1. The summed E-state index contributed by atoms with van der Waals surface area (Å²) in [7, 11) is -3.03. The van der Waals surface area contributed by atoms with E-state index in [9.17, 15) is 13.2 Å². The summed E-state index contributed by atoms with van der Waals surface area (Å²) in [5.41, 5.74) is 0. The number of rotatable bonds is 3. The van der Waals surface area contributed by atoms with Gasteiger partial charge in [-0.3, -0.25) is 4.79 Å². The predicted octanol–water partition coefficient (Wildman–Crippen LogP) is -1.27. The third-order valence-electron chi connectivity index (χ3n) is 0.429. The summed E-state index contributed by atoms with van der Waals surface area (Å²) in [6.07, 6.45) is 1.39. The smallest absolute Gasteiger partial charge is 0.207 e. The molecule has 0 bridgehead atoms. The molecule has 0 aromatic carbocycles. The molecule has 1 N–H and O–H groups in total. The Morgan fingerprint density at radius 3 is 2.25 bits per heavy atom. The van der Waals surface area contributed by atoms with Crippen LogP contribution in [0, 0.1) is 0 Å². The van der Waals surface area contributed by atoms with E-state index in [4.69, 9.17) is 0 Å². The molecule has 0 aromatic rings. The fourth-order valence-corrected chi connectivity index (χ4v) is 0.556. The summed E-state index contributed by atoms with van der Waals surface area (Å²) in [5.74, 6) is -0.281. The molecule has 0 aliphatic carbocycles. The van der Waals surface area contributed by atoms with Crippen molar-refractivity contribution in [2.24, 2.45) is 0 Å². The number of hydrogen-bond donors (Lipinski definition) is 1. The highest BCUT2D eigenvalue weighted by Gasteiger charge is 1.96. The standard InChI is InChI=1S/C3H7NO3S/c1-8(6,7)3-4-2-5/h2H,3H2,1H3,(H,4,5). The molecule has 0 aliphatic heterocycles. The molecule has 0 rings (SSSR count). The molecule has 0 aliphatic rings. The summed E-state index contributed by atoms with van der Waals surface area (Å²) >= 11 is 0. The van der Waals surface area contributed by atoms with Crippen molar-refractivity contribution in [3.05, 3.63) is 0 Å². The molecule has 5 heteroatoms. The van der Waals surface area contributed by atoms with Crippen LogP contribution in [0.2, 0.25) is 0 Å². The summed E-state index contributed by atoms with van der Waals surface area (Å²) in [6, 6.07) is 0. The number of amides is 1. The average molecular weight is 137 g/mol. The maximum absolute atomic E-state index is 10.2.